The number of hydrogen-bond acceptors (Lipinski definition) is 4. The zero-order valence-corrected chi connectivity index (χ0v) is 13.2. The van der Waals surface area contributed by atoms with Gasteiger partial charge in [0.1, 0.15) is 11.8 Å². The van der Waals surface area contributed by atoms with E-state index >= 15 is 0 Å². The van der Waals surface area contributed by atoms with Gasteiger partial charge in [0.05, 0.1) is 4.47 Å². The van der Waals surface area contributed by atoms with Crippen molar-refractivity contribution < 1.29 is 4.79 Å². The summed E-state index contributed by atoms with van der Waals surface area (Å²) in [5.41, 5.74) is 0.583. The van der Waals surface area contributed by atoms with E-state index in [0.717, 1.165) is 13.1 Å². The third kappa shape index (κ3) is 3.17. The van der Waals surface area contributed by atoms with Gasteiger partial charge in [0.2, 0.25) is 0 Å². The number of halogens is 1. The van der Waals surface area contributed by atoms with E-state index in [0.29, 0.717) is 29.3 Å². The first kappa shape index (κ1) is 14.9. The molecule has 0 spiro atoms. The molecule has 0 atom stereocenters. The predicted octanol–water partition coefficient (Wildman–Crippen LogP) is 1.88. The highest BCUT2D eigenvalue weighted by Gasteiger charge is 2.24. The van der Waals surface area contributed by atoms with E-state index in [9.17, 15) is 4.79 Å². The Bertz CT molecular complexity index is 545. The van der Waals surface area contributed by atoms with E-state index in [1.54, 1.807) is 17.0 Å². The number of pyridine rings is 1. The van der Waals surface area contributed by atoms with E-state index in [1.165, 1.54) is 0 Å². The van der Waals surface area contributed by atoms with E-state index in [2.05, 4.69) is 39.7 Å². The van der Waals surface area contributed by atoms with Crippen molar-refractivity contribution in [3.8, 4) is 6.07 Å². The lowest BCUT2D eigenvalue weighted by Gasteiger charge is -2.36. The first-order valence-electron chi connectivity index (χ1n) is 6.63. The fourth-order valence-corrected chi connectivity index (χ4v) is 2.55. The van der Waals surface area contributed by atoms with E-state index in [4.69, 9.17) is 5.26 Å². The minimum atomic E-state index is -0.0996. The van der Waals surface area contributed by atoms with Crippen LogP contribution in [0.3, 0.4) is 0 Å². The summed E-state index contributed by atoms with van der Waals surface area (Å²) in [6, 6.07) is 5.83. The molecule has 1 saturated heterocycles. The van der Waals surface area contributed by atoms with Crippen LogP contribution in [-0.4, -0.2) is 52.9 Å². The van der Waals surface area contributed by atoms with Gasteiger partial charge in [0.25, 0.3) is 5.91 Å². The van der Waals surface area contributed by atoms with Gasteiger partial charge in [-0.3, -0.25) is 9.69 Å². The average molecular weight is 337 g/mol. The summed E-state index contributed by atoms with van der Waals surface area (Å²) >= 11 is 3.24. The monoisotopic (exact) mass is 336 g/mol. The molecule has 0 radical (unpaired) electrons. The normalized spacial score (nSPS) is 16.2. The standard InChI is InChI=1S/C14H17BrN4O/c1-10(2)18-5-7-19(8-6-18)14(20)12-4-3-11(15)13(9-16)17-12/h3-4,10H,5-8H2,1-2H3. The molecule has 0 bridgehead atoms. The lowest BCUT2D eigenvalue weighted by atomic mass is 10.2. The molecule has 20 heavy (non-hydrogen) atoms. The number of aromatic nitrogens is 1. The molecule has 0 aliphatic carbocycles. The summed E-state index contributed by atoms with van der Waals surface area (Å²) in [4.78, 5) is 20.6. The lowest BCUT2D eigenvalue weighted by Crippen LogP contribution is -2.50. The van der Waals surface area contributed by atoms with Gasteiger partial charge >= 0.3 is 0 Å². The molecule has 1 amide bonds. The SMILES string of the molecule is CC(C)N1CCN(C(=O)c2ccc(Br)c(C#N)n2)CC1. The Balaban J connectivity index is 2.08. The van der Waals surface area contributed by atoms with E-state index < -0.39 is 0 Å². The highest BCUT2D eigenvalue weighted by molar-refractivity contribution is 9.10. The first-order chi connectivity index (χ1) is 9.52. The predicted molar refractivity (Wildman–Crippen MR) is 79.3 cm³/mol. The van der Waals surface area contributed by atoms with Gasteiger partial charge in [0.15, 0.2) is 5.69 Å². The van der Waals surface area contributed by atoms with Crippen molar-refractivity contribution >= 4 is 21.8 Å². The third-order valence-electron chi connectivity index (χ3n) is 3.50. The van der Waals surface area contributed by atoms with Crippen LogP contribution in [0.5, 0.6) is 0 Å². The molecule has 1 aromatic heterocycles. The Kier molecular flexibility index (Phi) is 4.73. The molecule has 0 saturated carbocycles. The molecule has 2 heterocycles. The van der Waals surface area contributed by atoms with Crippen molar-refractivity contribution in [3.63, 3.8) is 0 Å². The Morgan fingerprint density at radius 1 is 1.35 bits per heavy atom. The highest BCUT2D eigenvalue weighted by Crippen LogP contribution is 2.16. The van der Waals surface area contributed by atoms with Crippen LogP contribution in [0.1, 0.15) is 30.0 Å². The number of nitrogens with zero attached hydrogens (tertiary/aromatic N) is 4. The number of carbonyl (C=O) groups is 1. The van der Waals surface area contributed by atoms with Gasteiger partial charge in [-0.15, -0.1) is 0 Å². The van der Waals surface area contributed by atoms with Gasteiger partial charge in [0, 0.05) is 32.2 Å². The largest absolute Gasteiger partial charge is 0.335 e. The van der Waals surface area contributed by atoms with Crippen molar-refractivity contribution in [2.45, 2.75) is 19.9 Å². The molecular weight excluding hydrogens is 320 g/mol. The van der Waals surface area contributed by atoms with Crippen molar-refractivity contribution in [1.29, 1.82) is 5.26 Å². The topological polar surface area (TPSA) is 60.2 Å². The van der Waals surface area contributed by atoms with Crippen LogP contribution in [-0.2, 0) is 0 Å². The number of piperazine rings is 1. The van der Waals surface area contributed by atoms with Gasteiger partial charge in [-0.05, 0) is 41.9 Å². The summed E-state index contributed by atoms with van der Waals surface area (Å²) in [7, 11) is 0. The van der Waals surface area contributed by atoms with Crippen LogP contribution >= 0.6 is 15.9 Å². The van der Waals surface area contributed by atoms with Gasteiger partial charge in [-0.25, -0.2) is 4.98 Å². The van der Waals surface area contributed by atoms with Crippen molar-refractivity contribution in [2.75, 3.05) is 26.2 Å². The van der Waals surface area contributed by atoms with Crippen LogP contribution < -0.4 is 0 Å². The van der Waals surface area contributed by atoms with Crippen LogP contribution in [0.4, 0.5) is 0 Å². The summed E-state index contributed by atoms with van der Waals surface area (Å²) in [6.07, 6.45) is 0. The third-order valence-corrected chi connectivity index (χ3v) is 4.14. The zero-order valence-electron chi connectivity index (χ0n) is 11.6. The van der Waals surface area contributed by atoms with Crippen LogP contribution in [0.25, 0.3) is 0 Å². The Hall–Kier alpha value is -1.45. The quantitative estimate of drug-likeness (QED) is 0.827. The fraction of sp³-hybridized carbons (Fsp3) is 0.500. The second kappa shape index (κ2) is 6.33. The number of carbonyl (C=O) groups excluding carboxylic acids is 1. The van der Waals surface area contributed by atoms with Gasteiger partial charge in [-0.1, -0.05) is 0 Å². The molecule has 106 valence electrons. The van der Waals surface area contributed by atoms with Crippen LogP contribution in [0.2, 0.25) is 0 Å². The van der Waals surface area contributed by atoms with Crippen molar-refractivity contribution in [1.82, 2.24) is 14.8 Å². The minimum Gasteiger partial charge on any atom is -0.335 e. The molecule has 0 unspecified atom stereocenters. The molecule has 6 heteroatoms. The summed E-state index contributed by atoms with van der Waals surface area (Å²) in [5.74, 6) is -0.0996. The Morgan fingerprint density at radius 3 is 2.55 bits per heavy atom. The smallest absolute Gasteiger partial charge is 0.272 e. The molecule has 0 aromatic carbocycles. The first-order valence-corrected chi connectivity index (χ1v) is 7.42. The molecular formula is C14H17BrN4O. The zero-order chi connectivity index (χ0) is 14.7. The van der Waals surface area contributed by atoms with Crippen molar-refractivity contribution in [3.05, 3.63) is 28.0 Å². The number of hydrogen-bond donors (Lipinski definition) is 0. The molecule has 0 N–H and O–H groups in total. The lowest BCUT2D eigenvalue weighted by molar-refractivity contribution is 0.0590. The Labute approximate surface area is 127 Å². The number of rotatable bonds is 2. The molecule has 1 fully saturated rings. The second-order valence-electron chi connectivity index (χ2n) is 5.06. The highest BCUT2D eigenvalue weighted by atomic mass is 79.9. The van der Waals surface area contributed by atoms with E-state index in [1.807, 2.05) is 6.07 Å². The van der Waals surface area contributed by atoms with Crippen LogP contribution in [0.15, 0.2) is 16.6 Å². The number of amides is 1. The maximum Gasteiger partial charge on any atom is 0.272 e. The maximum atomic E-state index is 12.4. The average Bonchev–Trinajstić information content (AvgIpc) is 2.47. The molecule has 2 rings (SSSR count). The fourth-order valence-electron chi connectivity index (χ4n) is 2.24. The van der Waals surface area contributed by atoms with Crippen LogP contribution in [0, 0.1) is 11.3 Å². The van der Waals surface area contributed by atoms with Gasteiger partial charge < -0.3 is 4.90 Å². The molecule has 1 aromatic rings. The maximum absolute atomic E-state index is 12.4. The summed E-state index contributed by atoms with van der Waals surface area (Å²) < 4.78 is 0.612. The summed E-state index contributed by atoms with van der Waals surface area (Å²) in [6.45, 7) is 7.49. The second-order valence-corrected chi connectivity index (χ2v) is 5.91. The van der Waals surface area contributed by atoms with Crippen molar-refractivity contribution in [2.24, 2.45) is 0 Å². The minimum absolute atomic E-state index is 0.0996. The number of nitriles is 1. The molecule has 5 nitrogen and oxygen atoms in total. The Morgan fingerprint density at radius 2 is 2.00 bits per heavy atom. The molecule has 1 aliphatic rings. The van der Waals surface area contributed by atoms with Gasteiger partial charge in [-0.2, -0.15) is 5.26 Å². The molecule has 1 aliphatic heterocycles. The summed E-state index contributed by atoms with van der Waals surface area (Å²) in [5, 5.41) is 8.96. The van der Waals surface area contributed by atoms with E-state index in [-0.39, 0.29) is 11.6 Å².